The van der Waals surface area contributed by atoms with Crippen LogP contribution in [0, 0.1) is 5.82 Å². The van der Waals surface area contributed by atoms with Gasteiger partial charge in [-0.15, -0.1) is 0 Å². The van der Waals surface area contributed by atoms with Crippen LogP contribution in [0.2, 0.25) is 0 Å². The van der Waals surface area contributed by atoms with E-state index < -0.39 is 6.10 Å². The van der Waals surface area contributed by atoms with E-state index in [0.29, 0.717) is 31.0 Å². The van der Waals surface area contributed by atoms with Gasteiger partial charge in [-0.3, -0.25) is 4.68 Å². The zero-order valence-electron chi connectivity index (χ0n) is 13.5. The van der Waals surface area contributed by atoms with Gasteiger partial charge in [0.05, 0.1) is 24.4 Å². The molecule has 2 atom stereocenters. The molecular formula is C17H23FN4O2. The Morgan fingerprint density at radius 2 is 2.33 bits per heavy atom. The van der Waals surface area contributed by atoms with E-state index in [1.807, 2.05) is 0 Å². The van der Waals surface area contributed by atoms with Crippen LogP contribution in [0.3, 0.4) is 0 Å². The van der Waals surface area contributed by atoms with Crippen LogP contribution in [0.15, 0.2) is 36.7 Å². The van der Waals surface area contributed by atoms with E-state index in [-0.39, 0.29) is 11.9 Å². The van der Waals surface area contributed by atoms with Crippen molar-refractivity contribution in [3.63, 3.8) is 0 Å². The quantitative estimate of drug-likeness (QED) is 0.689. The number of halogens is 1. The summed E-state index contributed by atoms with van der Waals surface area (Å²) in [4.78, 5) is 0. The number of aliphatic hydroxyl groups is 1. The third-order valence-corrected chi connectivity index (χ3v) is 4.01. The molecule has 2 unspecified atom stereocenters. The largest absolute Gasteiger partial charge is 0.389 e. The van der Waals surface area contributed by atoms with Crippen molar-refractivity contribution in [2.45, 2.75) is 31.6 Å². The minimum atomic E-state index is -0.606. The van der Waals surface area contributed by atoms with Crippen molar-refractivity contribution in [1.29, 1.82) is 0 Å². The predicted octanol–water partition coefficient (Wildman–Crippen LogP) is 2.09. The third kappa shape index (κ3) is 4.69. The van der Waals surface area contributed by atoms with E-state index in [4.69, 9.17) is 4.74 Å². The minimum absolute atomic E-state index is 0.166. The van der Waals surface area contributed by atoms with E-state index in [1.165, 1.54) is 6.07 Å². The normalized spacial score (nSPS) is 18.5. The number of hydrogen-bond donors (Lipinski definition) is 3. The van der Waals surface area contributed by atoms with Crippen LogP contribution in [-0.4, -0.2) is 46.8 Å². The SMILES string of the molecule is OC(CNc1ccc(NCC2CCCO2)c(F)c1)Cn1cccn1. The lowest BCUT2D eigenvalue weighted by Gasteiger charge is -2.15. The van der Waals surface area contributed by atoms with Crippen LogP contribution in [-0.2, 0) is 11.3 Å². The topological polar surface area (TPSA) is 71.3 Å². The van der Waals surface area contributed by atoms with Crippen LogP contribution in [0.5, 0.6) is 0 Å². The third-order valence-electron chi connectivity index (χ3n) is 4.01. The molecule has 130 valence electrons. The smallest absolute Gasteiger partial charge is 0.148 e. The summed E-state index contributed by atoms with van der Waals surface area (Å²) in [7, 11) is 0. The maximum Gasteiger partial charge on any atom is 0.148 e. The van der Waals surface area contributed by atoms with Gasteiger partial charge in [0.25, 0.3) is 0 Å². The Labute approximate surface area is 140 Å². The highest BCUT2D eigenvalue weighted by atomic mass is 19.1. The van der Waals surface area contributed by atoms with Gasteiger partial charge in [-0.1, -0.05) is 0 Å². The Morgan fingerprint density at radius 1 is 1.42 bits per heavy atom. The summed E-state index contributed by atoms with van der Waals surface area (Å²) >= 11 is 0. The van der Waals surface area contributed by atoms with Gasteiger partial charge in [0.2, 0.25) is 0 Å². The highest BCUT2D eigenvalue weighted by Gasteiger charge is 2.15. The first-order valence-corrected chi connectivity index (χ1v) is 8.25. The van der Waals surface area contributed by atoms with Gasteiger partial charge >= 0.3 is 0 Å². The Bertz CT molecular complexity index is 630. The number of nitrogens with zero attached hydrogens (tertiary/aromatic N) is 2. The average Bonchev–Trinajstić information content (AvgIpc) is 3.25. The maximum atomic E-state index is 14.1. The summed E-state index contributed by atoms with van der Waals surface area (Å²) in [6.45, 7) is 2.12. The molecule has 7 heteroatoms. The van der Waals surface area contributed by atoms with Gasteiger partial charge in [0.15, 0.2) is 0 Å². The fourth-order valence-electron chi connectivity index (χ4n) is 2.72. The van der Waals surface area contributed by atoms with Crippen LogP contribution in [0.25, 0.3) is 0 Å². The molecule has 1 aliphatic rings. The lowest BCUT2D eigenvalue weighted by molar-refractivity contribution is 0.120. The summed E-state index contributed by atoms with van der Waals surface area (Å²) in [6.07, 6.45) is 5.10. The fraction of sp³-hybridized carbons (Fsp3) is 0.471. The van der Waals surface area contributed by atoms with Crippen molar-refractivity contribution in [2.24, 2.45) is 0 Å². The van der Waals surface area contributed by atoms with Gasteiger partial charge in [-0.2, -0.15) is 5.10 Å². The first-order chi connectivity index (χ1) is 11.7. The number of rotatable bonds is 8. The van der Waals surface area contributed by atoms with Crippen LogP contribution in [0.1, 0.15) is 12.8 Å². The summed E-state index contributed by atoms with van der Waals surface area (Å²) in [6, 6.07) is 6.73. The van der Waals surface area contributed by atoms with Crippen LogP contribution in [0.4, 0.5) is 15.8 Å². The summed E-state index contributed by atoms with van der Waals surface area (Å²) in [5.74, 6) is -0.320. The second kappa shape index (κ2) is 8.12. The molecule has 0 saturated carbocycles. The minimum Gasteiger partial charge on any atom is -0.389 e. The van der Waals surface area contributed by atoms with Crippen molar-refractivity contribution in [2.75, 3.05) is 30.3 Å². The second-order valence-electron chi connectivity index (χ2n) is 5.97. The number of nitrogens with one attached hydrogen (secondary N) is 2. The number of aromatic nitrogens is 2. The van der Waals surface area contributed by atoms with E-state index in [9.17, 15) is 9.50 Å². The number of benzene rings is 1. The number of anilines is 2. The van der Waals surface area contributed by atoms with Crippen molar-refractivity contribution >= 4 is 11.4 Å². The molecule has 3 rings (SSSR count). The Balaban J connectivity index is 1.46. The monoisotopic (exact) mass is 334 g/mol. The molecule has 2 heterocycles. The molecule has 6 nitrogen and oxygen atoms in total. The molecule has 0 amide bonds. The Morgan fingerprint density at radius 3 is 3.04 bits per heavy atom. The van der Waals surface area contributed by atoms with Gasteiger partial charge in [-0.25, -0.2) is 4.39 Å². The van der Waals surface area contributed by atoms with E-state index >= 15 is 0 Å². The van der Waals surface area contributed by atoms with Crippen molar-refractivity contribution in [3.8, 4) is 0 Å². The van der Waals surface area contributed by atoms with Crippen LogP contribution < -0.4 is 10.6 Å². The Hall–Kier alpha value is -2.12. The molecular weight excluding hydrogens is 311 g/mol. The number of ether oxygens (including phenoxy) is 1. The lowest BCUT2D eigenvalue weighted by atomic mass is 10.2. The summed E-state index contributed by atoms with van der Waals surface area (Å²) < 4.78 is 21.3. The standard InChI is InChI=1S/C17H23FN4O2/c18-16-9-13(19-10-14(23)12-22-7-2-6-21-22)4-5-17(16)20-11-15-3-1-8-24-15/h2,4-7,9,14-15,19-20,23H,1,3,8,10-12H2. The molecule has 2 aromatic rings. The van der Waals surface area contributed by atoms with Crippen molar-refractivity contribution in [3.05, 3.63) is 42.5 Å². The molecule has 1 aromatic heterocycles. The molecule has 0 radical (unpaired) electrons. The van der Waals surface area contributed by atoms with E-state index in [1.54, 1.807) is 35.3 Å². The lowest BCUT2D eigenvalue weighted by Crippen LogP contribution is -2.25. The molecule has 1 fully saturated rings. The predicted molar refractivity (Wildman–Crippen MR) is 90.6 cm³/mol. The fourth-order valence-corrected chi connectivity index (χ4v) is 2.72. The summed E-state index contributed by atoms with van der Waals surface area (Å²) in [5, 5.41) is 20.1. The maximum absolute atomic E-state index is 14.1. The first-order valence-electron chi connectivity index (χ1n) is 8.25. The second-order valence-corrected chi connectivity index (χ2v) is 5.97. The van der Waals surface area contributed by atoms with Gasteiger partial charge in [-0.05, 0) is 37.1 Å². The number of aliphatic hydroxyl groups excluding tert-OH is 1. The summed E-state index contributed by atoms with van der Waals surface area (Å²) in [5.41, 5.74) is 1.10. The van der Waals surface area contributed by atoms with Gasteiger partial charge < -0.3 is 20.5 Å². The average molecular weight is 334 g/mol. The molecule has 0 aliphatic carbocycles. The van der Waals surface area contributed by atoms with E-state index in [2.05, 4.69) is 15.7 Å². The molecule has 0 spiro atoms. The first kappa shape index (κ1) is 16.7. The Kier molecular flexibility index (Phi) is 5.66. The molecule has 3 N–H and O–H groups in total. The molecule has 1 saturated heterocycles. The van der Waals surface area contributed by atoms with Crippen molar-refractivity contribution < 1.29 is 14.2 Å². The van der Waals surface area contributed by atoms with E-state index in [0.717, 1.165) is 19.4 Å². The highest BCUT2D eigenvalue weighted by Crippen LogP contribution is 2.20. The molecule has 24 heavy (non-hydrogen) atoms. The van der Waals surface area contributed by atoms with Crippen molar-refractivity contribution in [1.82, 2.24) is 9.78 Å². The van der Waals surface area contributed by atoms with Gasteiger partial charge in [0.1, 0.15) is 5.82 Å². The van der Waals surface area contributed by atoms with Gasteiger partial charge in [0, 0.05) is 37.8 Å². The molecule has 1 aromatic carbocycles. The highest BCUT2D eigenvalue weighted by molar-refractivity contribution is 5.55. The zero-order chi connectivity index (χ0) is 16.8. The zero-order valence-corrected chi connectivity index (χ0v) is 13.5. The molecule has 0 bridgehead atoms. The van der Waals surface area contributed by atoms with Crippen LogP contribution >= 0.6 is 0 Å². The molecule has 1 aliphatic heterocycles. The number of hydrogen-bond acceptors (Lipinski definition) is 5.